The Hall–Kier alpha value is -1.55. The van der Waals surface area contributed by atoms with E-state index >= 15 is 0 Å². The second kappa shape index (κ2) is 6.57. The Morgan fingerprint density at radius 1 is 1.32 bits per heavy atom. The minimum atomic E-state index is -0.117. The topological polar surface area (TPSA) is 67.1 Å². The van der Waals surface area contributed by atoms with E-state index in [9.17, 15) is 4.79 Å². The Morgan fingerprint density at radius 3 is 2.74 bits per heavy atom. The average Bonchev–Trinajstić information content (AvgIpc) is 2.40. The fourth-order valence-corrected chi connectivity index (χ4v) is 2.50. The summed E-state index contributed by atoms with van der Waals surface area (Å²) in [4.78, 5) is 11.9. The summed E-state index contributed by atoms with van der Waals surface area (Å²) in [6, 6.07) is 7.86. The first-order valence-electron chi connectivity index (χ1n) is 7.08. The number of nitrogens with one attached hydrogen (secondary N) is 2. The van der Waals surface area contributed by atoms with Crippen molar-refractivity contribution in [3.05, 3.63) is 29.8 Å². The highest BCUT2D eigenvalue weighted by atomic mass is 16.2. The van der Waals surface area contributed by atoms with Crippen LogP contribution in [0.5, 0.6) is 0 Å². The van der Waals surface area contributed by atoms with E-state index in [0.29, 0.717) is 6.04 Å². The molecule has 0 aromatic heterocycles. The van der Waals surface area contributed by atoms with Gasteiger partial charge in [-0.25, -0.2) is 4.79 Å². The summed E-state index contributed by atoms with van der Waals surface area (Å²) in [5, 5.41) is 5.91. The highest BCUT2D eigenvalue weighted by Gasteiger charge is 2.15. The molecule has 0 radical (unpaired) electrons. The highest BCUT2D eigenvalue weighted by Crippen LogP contribution is 2.18. The monoisotopic (exact) mass is 261 g/mol. The van der Waals surface area contributed by atoms with E-state index in [1.807, 2.05) is 31.2 Å². The molecular weight excluding hydrogens is 238 g/mol. The summed E-state index contributed by atoms with van der Waals surface area (Å²) < 4.78 is 0. The van der Waals surface area contributed by atoms with Crippen LogP contribution in [0.2, 0.25) is 0 Å². The van der Waals surface area contributed by atoms with Crippen molar-refractivity contribution < 1.29 is 4.79 Å². The molecule has 0 bridgehead atoms. The fraction of sp³-hybridized carbons (Fsp3) is 0.533. The minimum Gasteiger partial charge on any atom is -0.335 e. The molecule has 2 rings (SSSR count). The number of hydrogen-bond acceptors (Lipinski definition) is 2. The van der Waals surface area contributed by atoms with Crippen LogP contribution in [0.4, 0.5) is 10.5 Å². The van der Waals surface area contributed by atoms with Crippen LogP contribution in [-0.2, 0) is 0 Å². The predicted molar refractivity (Wildman–Crippen MR) is 78.1 cm³/mol. The number of benzene rings is 1. The van der Waals surface area contributed by atoms with Gasteiger partial charge in [0.15, 0.2) is 0 Å². The van der Waals surface area contributed by atoms with Crippen molar-refractivity contribution in [1.82, 2.24) is 5.32 Å². The molecule has 1 atom stereocenters. The summed E-state index contributed by atoms with van der Waals surface area (Å²) in [5.74, 6) is 0. The molecule has 1 unspecified atom stereocenters. The van der Waals surface area contributed by atoms with Gasteiger partial charge >= 0.3 is 6.03 Å². The van der Waals surface area contributed by atoms with Gasteiger partial charge in [-0.1, -0.05) is 31.4 Å². The Bertz CT molecular complexity index is 425. The first-order valence-corrected chi connectivity index (χ1v) is 7.08. The van der Waals surface area contributed by atoms with Gasteiger partial charge in [-0.3, -0.25) is 0 Å². The maximum Gasteiger partial charge on any atom is 0.319 e. The van der Waals surface area contributed by atoms with Crippen molar-refractivity contribution in [2.24, 2.45) is 5.73 Å². The smallest absolute Gasteiger partial charge is 0.319 e. The third kappa shape index (κ3) is 4.24. The summed E-state index contributed by atoms with van der Waals surface area (Å²) in [7, 11) is 0. The molecular formula is C15H23N3O. The number of rotatable bonds is 3. The van der Waals surface area contributed by atoms with Gasteiger partial charge in [0.05, 0.1) is 0 Å². The lowest BCUT2D eigenvalue weighted by Gasteiger charge is -2.23. The van der Waals surface area contributed by atoms with E-state index in [-0.39, 0.29) is 12.1 Å². The van der Waals surface area contributed by atoms with Crippen LogP contribution in [0.3, 0.4) is 0 Å². The first kappa shape index (κ1) is 13.9. The zero-order chi connectivity index (χ0) is 13.7. The molecule has 4 heteroatoms. The van der Waals surface area contributed by atoms with Crippen molar-refractivity contribution in [3.8, 4) is 0 Å². The van der Waals surface area contributed by atoms with Gasteiger partial charge in [-0.15, -0.1) is 0 Å². The Kier molecular flexibility index (Phi) is 4.80. The molecule has 0 heterocycles. The van der Waals surface area contributed by atoms with Gasteiger partial charge in [0.25, 0.3) is 0 Å². The maximum atomic E-state index is 11.9. The second-order valence-corrected chi connectivity index (χ2v) is 5.35. The molecule has 104 valence electrons. The average molecular weight is 261 g/mol. The molecule has 0 saturated heterocycles. The minimum absolute atomic E-state index is 0.0249. The molecule has 4 N–H and O–H groups in total. The number of anilines is 1. The van der Waals surface area contributed by atoms with E-state index in [2.05, 4.69) is 10.6 Å². The summed E-state index contributed by atoms with van der Waals surface area (Å²) in [5.41, 5.74) is 7.65. The molecule has 2 amide bonds. The van der Waals surface area contributed by atoms with E-state index < -0.39 is 0 Å². The van der Waals surface area contributed by atoms with Crippen molar-refractivity contribution >= 4 is 11.7 Å². The van der Waals surface area contributed by atoms with Crippen LogP contribution >= 0.6 is 0 Å². The predicted octanol–water partition coefficient (Wildman–Crippen LogP) is 3.16. The number of hydrogen-bond donors (Lipinski definition) is 3. The van der Waals surface area contributed by atoms with E-state index in [1.54, 1.807) is 0 Å². The van der Waals surface area contributed by atoms with Gasteiger partial charge in [0, 0.05) is 17.8 Å². The molecule has 0 spiro atoms. The summed E-state index contributed by atoms with van der Waals surface area (Å²) in [6.45, 7) is 1.93. The zero-order valence-corrected chi connectivity index (χ0v) is 11.5. The SMILES string of the molecule is CC(N)c1cccc(NC(=O)NC2CCCCC2)c1. The van der Waals surface area contributed by atoms with E-state index in [0.717, 1.165) is 24.1 Å². The number of carbonyl (C=O) groups is 1. The maximum absolute atomic E-state index is 11.9. The van der Waals surface area contributed by atoms with Gasteiger partial charge in [0.2, 0.25) is 0 Å². The third-order valence-corrected chi connectivity index (χ3v) is 3.61. The van der Waals surface area contributed by atoms with E-state index in [1.165, 1.54) is 19.3 Å². The molecule has 1 aromatic rings. The van der Waals surface area contributed by atoms with Crippen LogP contribution in [0.25, 0.3) is 0 Å². The van der Waals surface area contributed by atoms with Crippen LogP contribution in [0, 0.1) is 0 Å². The molecule has 1 aromatic carbocycles. The lowest BCUT2D eigenvalue weighted by atomic mass is 9.96. The lowest BCUT2D eigenvalue weighted by molar-refractivity contribution is 0.244. The molecule has 1 aliphatic rings. The molecule has 0 aliphatic heterocycles. The largest absolute Gasteiger partial charge is 0.335 e. The Morgan fingerprint density at radius 2 is 2.05 bits per heavy atom. The number of carbonyl (C=O) groups excluding carboxylic acids is 1. The summed E-state index contributed by atoms with van der Waals surface area (Å²) >= 11 is 0. The second-order valence-electron chi connectivity index (χ2n) is 5.35. The van der Waals surface area contributed by atoms with E-state index in [4.69, 9.17) is 5.73 Å². The Balaban J connectivity index is 1.89. The van der Waals surface area contributed by atoms with Crippen molar-refractivity contribution in [2.75, 3.05) is 5.32 Å². The Labute approximate surface area is 114 Å². The van der Waals surface area contributed by atoms with Crippen molar-refractivity contribution in [2.45, 2.75) is 51.1 Å². The van der Waals surface area contributed by atoms with Crippen LogP contribution < -0.4 is 16.4 Å². The molecule has 1 fully saturated rings. The molecule has 19 heavy (non-hydrogen) atoms. The van der Waals surface area contributed by atoms with Gasteiger partial charge in [0.1, 0.15) is 0 Å². The molecule has 4 nitrogen and oxygen atoms in total. The molecule has 1 saturated carbocycles. The quantitative estimate of drug-likeness (QED) is 0.782. The van der Waals surface area contributed by atoms with Gasteiger partial charge in [-0.05, 0) is 37.5 Å². The van der Waals surface area contributed by atoms with Gasteiger partial charge < -0.3 is 16.4 Å². The highest BCUT2D eigenvalue weighted by molar-refractivity contribution is 5.89. The normalized spacial score (nSPS) is 17.8. The number of nitrogens with two attached hydrogens (primary N) is 1. The van der Waals surface area contributed by atoms with Crippen molar-refractivity contribution in [3.63, 3.8) is 0 Å². The first-order chi connectivity index (χ1) is 9.15. The lowest BCUT2D eigenvalue weighted by Crippen LogP contribution is -2.39. The van der Waals surface area contributed by atoms with Crippen LogP contribution in [0.1, 0.15) is 50.6 Å². The molecule has 1 aliphatic carbocycles. The fourth-order valence-electron chi connectivity index (χ4n) is 2.50. The van der Waals surface area contributed by atoms with Crippen LogP contribution in [-0.4, -0.2) is 12.1 Å². The zero-order valence-electron chi connectivity index (χ0n) is 11.5. The standard InChI is InChI=1S/C15H23N3O/c1-11(16)12-6-5-9-14(10-12)18-15(19)17-13-7-3-2-4-8-13/h5-6,9-11,13H,2-4,7-8,16H2,1H3,(H2,17,18,19). The van der Waals surface area contributed by atoms with Gasteiger partial charge in [-0.2, -0.15) is 0 Å². The van der Waals surface area contributed by atoms with Crippen molar-refractivity contribution in [1.29, 1.82) is 0 Å². The third-order valence-electron chi connectivity index (χ3n) is 3.61. The summed E-state index contributed by atoms with van der Waals surface area (Å²) in [6.07, 6.45) is 5.90. The van der Waals surface area contributed by atoms with Crippen LogP contribution in [0.15, 0.2) is 24.3 Å². The number of urea groups is 1. The number of amides is 2.